The molecule has 1 saturated heterocycles. The number of halogens is 1. The van der Waals surface area contributed by atoms with Crippen molar-refractivity contribution in [3.63, 3.8) is 0 Å². The molecule has 2 heterocycles. The first kappa shape index (κ1) is 23.3. The van der Waals surface area contributed by atoms with Crippen molar-refractivity contribution >= 4 is 28.1 Å². The maximum Gasteiger partial charge on any atom is 0.191 e. The Hall–Kier alpha value is -2.39. The van der Waals surface area contributed by atoms with Crippen LogP contribution < -0.4 is 20.4 Å². The van der Waals surface area contributed by atoms with E-state index in [0.29, 0.717) is 24.7 Å². The molecule has 3 rings (SSSR count). The smallest absolute Gasteiger partial charge is 0.191 e. The summed E-state index contributed by atoms with van der Waals surface area (Å²) in [4.78, 5) is 15.7. The maximum absolute atomic E-state index is 14.8. The van der Waals surface area contributed by atoms with E-state index in [1.807, 2.05) is 43.4 Å². The van der Waals surface area contributed by atoms with Gasteiger partial charge < -0.3 is 25.3 Å². The number of hydrogen-bond donors (Lipinski definition) is 2. The van der Waals surface area contributed by atoms with Gasteiger partial charge in [0.25, 0.3) is 0 Å². The molecule has 0 atom stereocenters. The maximum atomic E-state index is 14.8. The van der Waals surface area contributed by atoms with E-state index >= 15 is 0 Å². The quantitative estimate of drug-likeness (QED) is 0.479. The van der Waals surface area contributed by atoms with Gasteiger partial charge in [-0.3, -0.25) is 0 Å². The van der Waals surface area contributed by atoms with E-state index < -0.39 is 0 Å². The topological polar surface area (TPSA) is 59.0 Å². The number of nitrogens with zero attached hydrogens (tertiary/aromatic N) is 5. The standard InChI is InChI=1S/C22H34FN7S/c1-5-24-21(26-15-18-16-31-22(27-18)28(3)4)25-14-17-7-8-20(19(23)13-17)30-11-9-29(6-2)10-12-30/h7-8,13,16H,5-6,9-12,14-15H2,1-4H3,(H2,24,25,26). The first-order valence-corrected chi connectivity index (χ1v) is 11.8. The van der Waals surface area contributed by atoms with Crippen molar-refractivity contribution in [1.82, 2.24) is 20.5 Å². The van der Waals surface area contributed by atoms with Gasteiger partial charge in [-0.1, -0.05) is 13.0 Å². The van der Waals surface area contributed by atoms with Gasteiger partial charge in [-0.15, -0.1) is 11.3 Å². The molecule has 2 N–H and O–H groups in total. The highest BCUT2D eigenvalue weighted by Crippen LogP contribution is 2.22. The Bertz CT molecular complexity index is 859. The Balaban J connectivity index is 1.59. The minimum Gasteiger partial charge on any atom is -0.367 e. The van der Waals surface area contributed by atoms with E-state index in [1.54, 1.807) is 17.4 Å². The van der Waals surface area contributed by atoms with Crippen molar-refractivity contribution in [1.29, 1.82) is 0 Å². The molecule has 31 heavy (non-hydrogen) atoms. The molecule has 0 saturated carbocycles. The van der Waals surface area contributed by atoms with Crippen LogP contribution in [0.25, 0.3) is 0 Å². The second-order valence-electron chi connectivity index (χ2n) is 7.77. The summed E-state index contributed by atoms with van der Waals surface area (Å²) in [6.07, 6.45) is 0. The van der Waals surface area contributed by atoms with Crippen LogP contribution in [0.2, 0.25) is 0 Å². The van der Waals surface area contributed by atoms with E-state index in [0.717, 1.165) is 55.7 Å². The predicted octanol–water partition coefficient (Wildman–Crippen LogP) is 2.75. The van der Waals surface area contributed by atoms with Gasteiger partial charge in [0, 0.05) is 52.2 Å². The molecule has 0 aliphatic carbocycles. The van der Waals surface area contributed by atoms with Crippen molar-refractivity contribution < 1.29 is 4.39 Å². The molecule has 7 nitrogen and oxygen atoms in total. The van der Waals surface area contributed by atoms with Gasteiger partial charge >= 0.3 is 0 Å². The lowest BCUT2D eigenvalue weighted by molar-refractivity contribution is 0.270. The largest absolute Gasteiger partial charge is 0.367 e. The molecule has 0 radical (unpaired) electrons. The first-order chi connectivity index (χ1) is 15.0. The van der Waals surface area contributed by atoms with Crippen LogP contribution in [0.4, 0.5) is 15.2 Å². The average Bonchev–Trinajstić information content (AvgIpc) is 3.25. The van der Waals surface area contributed by atoms with E-state index in [9.17, 15) is 4.39 Å². The minimum absolute atomic E-state index is 0.172. The highest BCUT2D eigenvalue weighted by molar-refractivity contribution is 7.13. The molecule has 1 fully saturated rings. The summed E-state index contributed by atoms with van der Waals surface area (Å²) in [5.41, 5.74) is 2.51. The molecule has 2 aromatic rings. The second-order valence-corrected chi connectivity index (χ2v) is 8.61. The Morgan fingerprint density at radius 3 is 2.58 bits per heavy atom. The van der Waals surface area contributed by atoms with Gasteiger partial charge in [0.1, 0.15) is 5.82 Å². The fourth-order valence-electron chi connectivity index (χ4n) is 3.48. The van der Waals surface area contributed by atoms with E-state index in [-0.39, 0.29) is 5.82 Å². The molecule has 170 valence electrons. The van der Waals surface area contributed by atoms with Crippen LogP contribution in [0.1, 0.15) is 25.1 Å². The van der Waals surface area contributed by atoms with Gasteiger partial charge in [0.05, 0.1) is 24.5 Å². The van der Waals surface area contributed by atoms with Crippen LogP contribution in [-0.2, 0) is 13.1 Å². The number of likely N-dealkylation sites (N-methyl/N-ethyl adjacent to an activating group) is 1. The number of anilines is 2. The average molecular weight is 448 g/mol. The number of rotatable bonds is 8. The lowest BCUT2D eigenvalue weighted by Gasteiger charge is -2.35. The highest BCUT2D eigenvalue weighted by atomic mass is 32.1. The van der Waals surface area contributed by atoms with Crippen LogP contribution in [0.5, 0.6) is 0 Å². The van der Waals surface area contributed by atoms with Crippen molar-refractivity contribution in [2.24, 2.45) is 4.99 Å². The lowest BCUT2D eigenvalue weighted by Crippen LogP contribution is -2.46. The fourth-order valence-corrected chi connectivity index (χ4v) is 4.24. The number of aliphatic imine (C=N–C) groups is 1. The summed E-state index contributed by atoms with van der Waals surface area (Å²) in [5.74, 6) is 0.524. The zero-order chi connectivity index (χ0) is 22.2. The number of aromatic nitrogens is 1. The predicted molar refractivity (Wildman–Crippen MR) is 129 cm³/mol. The third-order valence-electron chi connectivity index (χ3n) is 5.30. The number of piperazine rings is 1. The number of guanidine groups is 1. The van der Waals surface area contributed by atoms with E-state index in [4.69, 9.17) is 0 Å². The monoisotopic (exact) mass is 447 g/mol. The fraction of sp³-hybridized carbons (Fsp3) is 0.545. The molecule has 0 bridgehead atoms. The highest BCUT2D eigenvalue weighted by Gasteiger charge is 2.18. The van der Waals surface area contributed by atoms with Gasteiger partial charge in [0.15, 0.2) is 11.1 Å². The number of hydrogen-bond acceptors (Lipinski definition) is 6. The van der Waals surface area contributed by atoms with Crippen LogP contribution in [-0.4, -0.2) is 69.2 Å². The molecule has 1 aromatic carbocycles. The molecule has 1 aliphatic rings. The number of nitrogens with one attached hydrogen (secondary N) is 2. The second kappa shape index (κ2) is 11.3. The molecule has 0 unspecified atom stereocenters. The van der Waals surface area contributed by atoms with Gasteiger partial charge in [-0.2, -0.15) is 0 Å². The summed E-state index contributed by atoms with van der Waals surface area (Å²) < 4.78 is 14.8. The summed E-state index contributed by atoms with van der Waals surface area (Å²) in [6, 6.07) is 5.47. The molecule has 9 heteroatoms. The van der Waals surface area contributed by atoms with Crippen molar-refractivity contribution in [3.05, 3.63) is 40.7 Å². The Morgan fingerprint density at radius 1 is 1.19 bits per heavy atom. The van der Waals surface area contributed by atoms with E-state index in [1.165, 1.54) is 0 Å². The van der Waals surface area contributed by atoms with Gasteiger partial charge in [-0.25, -0.2) is 14.4 Å². The third-order valence-corrected chi connectivity index (χ3v) is 6.35. The van der Waals surface area contributed by atoms with Crippen LogP contribution in [0.3, 0.4) is 0 Å². The third kappa shape index (κ3) is 6.54. The van der Waals surface area contributed by atoms with Crippen molar-refractivity contribution in [2.45, 2.75) is 26.9 Å². The Morgan fingerprint density at radius 2 is 1.97 bits per heavy atom. The summed E-state index contributed by atoms with van der Waals surface area (Å²) >= 11 is 1.62. The van der Waals surface area contributed by atoms with Gasteiger partial charge in [0.2, 0.25) is 0 Å². The Labute approximate surface area is 189 Å². The zero-order valence-corrected chi connectivity index (χ0v) is 19.8. The van der Waals surface area contributed by atoms with Crippen LogP contribution in [0.15, 0.2) is 28.6 Å². The molecule has 1 aliphatic heterocycles. The Kier molecular flexibility index (Phi) is 8.48. The molecule has 0 amide bonds. The van der Waals surface area contributed by atoms with Gasteiger partial charge in [-0.05, 0) is 31.2 Å². The normalized spacial score (nSPS) is 15.3. The number of benzene rings is 1. The van der Waals surface area contributed by atoms with Crippen LogP contribution >= 0.6 is 11.3 Å². The molecular formula is C22H34FN7S. The van der Waals surface area contributed by atoms with E-state index in [2.05, 4.69) is 37.3 Å². The van der Waals surface area contributed by atoms with Crippen LogP contribution in [0, 0.1) is 5.82 Å². The molecule has 0 spiro atoms. The summed E-state index contributed by atoms with van der Waals surface area (Å²) in [5, 5.41) is 9.56. The zero-order valence-electron chi connectivity index (χ0n) is 19.0. The molecule has 1 aromatic heterocycles. The summed E-state index contributed by atoms with van der Waals surface area (Å²) in [7, 11) is 3.97. The minimum atomic E-state index is -0.172. The lowest BCUT2D eigenvalue weighted by atomic mass is 10.1. The summed E-state index contributed by atoms with van der Waals surface area (Å²) in [6.45, 7) is 10.7. The first-order valence-electron chi connectivity index (χ1n) is 10.9. The number of thiazole rings is 1. The van der Waals surface area contributed by atoms with Crippen molar-refractivity contribution in [3.8, 4) is 0 Å². The SMILES string of the molecule is CCNC(=NCc1ccc(N2CCN(CC)CC2)c(F)c1)NCc1csc(N(C)C)n1. The van der Waals surface area contributed by atoms with Crippen molar-refractivity contribution in [2.75, 3.05) is 63.2 Å². The molecular weight excluding hydrogens is 413 g/mol.